The molecule has 0 spiro atoms. The van der Waals surface area contributed by atoms with Crippen LogP contribution >= 0.6 is 0 Å². The van der Waals surface area contributed by atoms with Gasteiger partial charge in [-0.15, -0.1) is 0 Å². The van der Waals surface area contributed by atoms with Crippen molar-refractivity contribution in [1.82, 2.24) is 5.32 Å². The van der Waals surface area contributed by atoms with Gasteiger partial charge in [-0.2, -0.15) is 0 Å². The summed E-state index contributed by atoms with van der Waals surface area (Å²) in [6.45, 7) is 1.51. The molecule has 2 rings (SSSR count). The number of carbonyl (C=O) groups is 1. The van der Waals surface area contributed by atoms with Crippen LogP contribution in [0.1, 0.15) is 12.0 Å². The van der Waals surface area contributed by atoms with Crippen LogP contribution in [-0.4, -0.2) is 40.2 Å². The van der Waals surface area contributed by atoms with E-state index in [1.54, 1.807) is 7.11 Å². The minimum Gasteiger partial charge on any atom is -0.497 e. The highest BCUT2D eigenvalue weighted by Crippen LogP contribution is 2.15. The van der Waals surface area contributed by atoms with Gasteiger partial charge in [0.25, 0.3) is 0 Å². The van der Waals surface area contributed by atoms with Gasteiger partial charge >= 0.3 is 0 Å². The first kappa shape index (κ1) is 18.8. The van der Waals surface area contributed by atoms with Crippen molar-refractivity contribution in [3.63, 3.8) is 0 Å². The fraction of sp³-hybridized carbons (Fsp3) is 0.350. The topological polar surface area (TPSA) is 53.6 Å². The molecule has 0 aromatic heterocycles. The molecular weight excluding hydrogens is 314 g/mol. The molecule has 1 amide bonds. The molecule has 5 heteroatoms. The Labute approximate surface area is 150 Å². The Kier molecular flexibility index (Phi) is 7.29. The molecule has 0 fully saturated rings. The summed E-state index contributed by atoms with van der Waals surface area (Å²) < 4.78 is 5.14. The second-order valence-electron chi connectivity index (χ2n) is 6.09. The van der Waals surface area contributed by atoms with Crippen LogP contribution in [0.15, 0.2) is 48.5 Å². The summed E-state index contributed by atoms with van der Waals surface area (Å²) in [6.07, 6.45) is 1.38. The lowest BCUT2D eigenvalue weighted by Gasteiger charge is -2.13. The molecule has 0 aliphatic heterocycles. The first-order valence-corrected chi connectivity index (χ1v) is 8.49. The lowest BCUT2D eigenvalue weighted by atomic mass is 10.1. The Morgan fingerprint density at radius 3 is 2.28 bits per heavy atom. The molecule has 0 aliphatic rings. The Morgan fingerprint density at radius 1 is 1.00 bits per heavy atom. The third-order valence-corrected chi connectivity index (χ3v) is 3.95. The van der Waals surface area contributed by atoms with Crippen LogP contribution in [0, 0.1) is 0 Å². The second kappa shape index (κ2) is 9.69. The summed E-state index contributed by atoms with van der Waals surface area (Å²) in [7, 11) is 5.65. The summed E-state index contributed by atoms with van der Waals surface area (Å²) in [4.78, 5) is 14.0. The number of nitrogens with one attached hydrogen (secondary N) is 2. The van der Waals surface area contributed by atoms with Gasteiger partial charge in [-0.25, -0.2) is 0 Å². The number of rotatable bonds is 9. The fourth-order valence-corrected chi connectivity index (χ4v) is 2.42. The molecule has 0 radical (unpaired) electrons. The quantitative estimate of drug-likeness (QED) is 0.689. The summed E-state index contributed by atoms with van der Waals surface area (Å²) in [6, 6.07) is 15.9. The number of hydrogen-bond acceptors (Lipinski definition) is 4. The van der Waals surface area contributed by atoms with Gasteiger partial charge in [0, 0.05) is 38.4 Å². The van der Waals surface area contributed by atoms with Crippen LogP contribution in [0.25, 0.3) is 0 Å². The zero-order chi connectivity index (χ0) is 18.1. The Morgan fingerprint density at radius 2 is 1.68 bits per heavy atom. The van der Waals surface area contributed by atoms with Crippen molar-refractivity contribution in [3.8, 4) is 5.75 Å². The van der Waals surface area contributed by atoms with E-state index in [-0.39, 0.29) is 5.91 Å². The minimum absolute atomic E-state index is 0.0227. The van der Waals surface area contributed by atoms with Crippen molar-refractivity contribution in [2.24, 2.45) is 0 Å². The SMILES string of the molecule is COc1ccc(CCNCCC(=O)Nc2ccc(N(C)C)cc2)cc1. The van der Waals surface area contributed by atoms with E-state index >= 15 is 0 Å². The molecule has 0 atom stereocenters. The van der Waals surface area contributed by atoms with Gasteiger partial charge in [0.05, 0.1) is 7.11 Å². The normalized spacial score (nSPS) is 10.4. The van der Waals surface area contributed by atoms with Crippen LogP contribution in [-0.2, 0) is 11.2 Å². The fourth-order valence-electron chi connectivity index (χ4n) is 2.42. The van der Waals surface area contributed by atoms with Crippen LogP contribution in [0.5, 0.6) is 5.75 Å². The smallest absolute Gasteiger partial charge is 0.225 e. The zero-order valence-electron chi connectivity index (χ0n) is 15.2. The highest BCUT2D eigenvalue weighted by molar-refractivity contribution is 5.91. The molecular formula is C20H27N3O2. The molecule has 5 nitrogen and oxygen atoms in total. The van der Waals surface area contributed by atoms with E-state index in [4.69, 9.17) is 4.74 Å². The number of carbonyl (C=O) groups excluding carboxylic acids is 1. The van der Waals surface area contributed by atoms with Crippen LogP contribution in [0.4, 0.5) is 11.4 Å². The maximum absolute atomic E-state index is 12.0. The molecule has 2 aromatic rings. The number of methoxy groups -OCH3 is 1. The maximum Gasteiger partial charge on any atom is 0.225 e. The number of anilines is 2. The Bertz CT molecular complexity index is 652. The Balaban J connectivity index is 1.63. The van der Waals surface area contributed by atoms with E-state index in [0.29, 0.717) is 13.0 Å². The molecule has 2 N–H and O–H groups in total. The van der Waals surface area contributed by atoms with Gasteiger partial charge in [0.15, 0.2) is 0 Å². The van der Waals surface area contributed by atoms with E-state index < -0.39 is 0 Å². The zero-order valence-corrected chi connectivity index (χ0v) is 15.2. The molecule has 2 aromatic carbocycles. The van der Waals surface area contributed by atoms with Crippen LogP contribution < -0.4 is 20.3 Å². The largest absolute Gasteiger partial charge is 0.497 e. The third kappa shape index (κ3) is 6.47. The van der Waals surface area contributed by atoms with Crippen molar-refractivity contribution < 1.29 is 9.53 Å². The van der Waals surface area contributed by atoms with Crippen molar-refractivity contribution in [1.29, 1.82) is 0 Å². The number of benzene rings is 2. The maximum atomic E-state index is 12.0. The van der Waals surface area contributed by atoms with E-state index in [1.165, 1.54) is 5.56 Å². The molecule has 134 valence electrons. The number of ether oxygens (including phenoxy) is 1. The van der Waals surface area contributed by atoms with Gasteiger partial charge in [-0.05, 0) is 54.9 Å². The van der Waals surface area contributed by atoms with Crippen molar-refractivity contribution >= 4 is 17.3 Å². The lowest BCUT2D eigenvalue weighted by molar-refractivity contribution is -0.116. The van der Waals surface area contributed by atoms with Gasteiger partial charge in [0.2, 0.25) is 5.91 Å². The average molecular weight is 341 g/mol. The Hall–Kier alpha value is -2.53. The van der Waals surface area contributed by atoms with Gasteiger partial charge < -0.3 is 20.3 Å². The summed E-state index contributed by atoms with van der Waals surface area (Å²) in [5.74, 6) is 0.890. The van der Waals surface area contributed by atoms with Gasteiger partial charge in [-0.3, -0.25) is 4.79 Å². The summed E-state index contributed by atoms with van der Waals surface area (Å²) >= 11 is 0. The highest BCUT2D eigenvalue weighted by Gasteiger charge is 2.03. The highest BCUT2D eigenvalue weighted by atomic mass is 16.5. The molecule has 25 heavy (non-hydrogen) atoms. The molecule has 0 saturated heterocycles. The van der Waals surface area contributed by atoms with E-state index in [0.717, 1.165) is 30.1 Å². The van der Waals surface area contributed by atoms with E-state index in [9.17, 15) is 4.79 Å². The summed E-state index contributed by atoms with van der Waals surface area (Å²) in [5.41, 5.74) is 3.19. The van der Waals surface area contributed by atoms with Crippen LogP contribution in [0.2, 0.25) is 0 Å². The van der Waals surface area contributed by atoms with Crippen molar-refractivity contribution in [2.45, 2.75) is 12.8 Å². The number of nitrogens with zero attached hydrogens (tertiary/aromatic N) is 1. The monoisotopic (exact) mass is 341 g/mol. The molecule has 0 saturated carbocycles. The standard InChI is InChI=1S/C20H27N3O2/c1-23(2)18-8-6-17(7-9-18)22-20(24)13-15-21-14-12-16-4-10-19(25-3)11-5-16/h4-11,21H,12-15H2,1-3H3,(H,22,24). The molecule has 0 heterocycles. The van der Waals surface area contributed by atoms with Gasteiger partial charge in [0.1, 0.15) is 5.75 Å². The number of hydrogen-bond donors (Lipinski definition) is 2. The molecule has 0 unspecified atom stereocenters. The predicted octanol–water partition coefficient (Wildman–Crippen LogP) is 2.92. The number of amides is 1. The molecule has 0 bridgehead atoms. The van der Waals surface area contributed by atoms with E-state index in [2.05, 4.69) is 22.8 Å². The molecule has 0 aliphatic carbocycles. The minimum atomic E-state index is 0.0227. The van der Waals surface area contributed by atoms with Gasteiger partial charge in [-0.1, -0.05) is 12.1 Å². The van der Waals surface area contributed by atoms with Crippen molar-refractivity contribution in [2.75, 3.05) is 44.5 Å². The summed E-state index contributed by atoms with van der Waals surface area (Å²) in [5, 5.41) is 6.22. The van der Waals surface area contributed by atoms with Crippen molar-refractivity contribution in [3.05, 3.63) is 54.1 Å². The first-order chi connectivity index (χ1) is 12.1. The average Bonchev–Trinajstić information content (AvgIpc) is 2.62. The predicted molar refractivity (Wildman–Crippen MR) is 104 cm³/mol. The van der Waals surface area contributed by atoms with E-state index in [1.807, 2.05) is 55.4 Å². The first-order valence-electron chi connectivity index (χ1n) is 8.49. The second-order valence-corrected chi connectivity index (χ2v) is 6.09. The lowest BCUT2D eigenvalue weighted by Crippen LogP contribution is -2.23. The third-order valence-electron chi connectivity index (χ3n) is 3.95. The van der Waals surface area contributed by atoms with Crippen LogP contribution in [0.3, 0.4) is 0 Å².